The Morgan fingerprint density at radius 2 is 1.44 bits per heavy atom. The lowest BCUT2D eigenvalue weighted by atomic mass is 9.97. The standard InChI is InChI=1S/C13H20O.C2H6/c1-10(2)14-13(4,5)12-8-6-11(3)7-9-12;1-2/h6-10H,1-5H3;1-2H3. The maximum absolute atomic E-state index is 5.86. The second-order valence-electron chi connectivity index (χ2n) is 4.54. The van der Waals surface area contributed by atoms with E-state index in [4.69, 9.17) is 4.74 Å². The molecule has 0 N–H and O–H groups in total. The fourth-order valence-electron chi connectivity index (χ4n) is 1.61. The molecule has 0 aliphatic carbocycles. The van der Waals surface area contributed by atoms with Crippen molar-refractivity contribution in [2.45, 2.75) is 60.2 Å². The molecular weight excluding hydrogens is 196 g/mol. The van der Waals surface area contributed by atoms with Crippen LogP contribution >= 0.6 is 0 Å². The van der Waals surface area contributed by atoms with Gasteiger partial charge in [0.1, 0.15) is 0 Å². The molecule has 0 atom stereocenters. The van der Waals surface area contributed by atoms with E-state index in [0.717, 1.165) is 0 Å². The molecule has 0 spiro atoms. The lowest BCUT2D eigenvalue weighted by Gasteiger charge is -2.28. The average Bonchev–Trinajstić information content (AvgIpc) is 2.19. The summed E-state index contributed by atoms with van der Waals surface area (Å²) in [7, 11) is 0. The first kappa shape index (κ1) is 15.2. The van der Waals surface area contributed by atoms with E-state index in [1.54, 1.807) is 0 Å². The number of hydrogen-bond donors (Lipinski definition) is 0. The Kier molecular flexibility index (Phi) is 6.35. The van der Waals surface area contributed by atoms with Gasteiger partial charge in [0.2, 0.25) is 0 Å². The zero-order chi connectivity index (χ0) is 12.8. The molecule has 0 bridgehead atoms. The number of ether oxygens (including phenoxy) is 1. The van der Waals surface area contributed by atoms with Gasteiger partial charge in [-0.2, -0.15) is 0 Å². The fourth-order valence-corrected chi connectivity index (χ4v) is 1.61. The molecule has 0 aliphatic rings. The summed E-state index contributed by atoms with van der Waals surface area (Å²) in [6.07, 6.45) is 0.256. The number of rotatable bonds is 3. The minimum Gasteiger partial charge on any atom is -0.368 e. The molecule has 1 aromatic rings. The Morgan fingerprint density at radius 3 is 1.81 bits per heavy atom. The lowest BCUT2D eigenvalue weighted by molar-refractivity contribution is -0.0600. The van der Waals surface area contributed by atoms with Crippen molar-refractivity contribution in [3.8, 4) is 0 Å². The minimum absolute atomic E-state index is 0.193. The maximum Gasteiger partial charge on any atom is 0.0878 e. The monoisotopic (exact) mass is 222 g/mol. The highest BCUT2D eigenvalue weighted by atomic mass is 16.5. The molecule has 0 amide bonds. The zero-order valence-corrected chi connectivity index (χ0v) is 11.8. The van der Waals surface area contributed by atoms with Crippen molar-refractivity contribution in [1.82, 2.24) is 0 Å². The van der Waals surface area contributed by atoms with Crippen LogP contribution in [0.4, 0.5) is 0 Å². The normalized spacial score (nSPS) is 11.0. The van der Waals surface area contributed by atoms with E-state index in [1.807, 2.05) is 13.8 Å². The Bertz CT molecular complexity index is 283. The second kappa shape index (κ2) is 6.70. The van der Waals surface area contributed by atoms with Crippen LogP contribution in [0.3, 0.4) is 0 Å². The molecule has 1 nitrogen and oxygen atoms in total. The molecule has 1 rings (SSSR count). The highest BCUT2D eigenvalue weighted by Gasteiger charge is 2.21. The number of aryl methyl sites for hydroxylation is 1. The minimum atomic E-state index is -0.193. The largest absolute Gasteiger partial charge is 0.368 e. The van der Waals surface area contributed by atoms with Crippen LogP contribution in [-0.4, -0.2) is 6.10 Å². The first-order valence-corrected chi connectivity index (χ1v) is 6.17. The van der Waals surface area contributed by atoms with E-state index < -0.39 is 0 Å². The molecule has 0 unspecified atom stereocenters. The third-order valence-corrected chi connectivity index (χ3v) is 2.28. The predicted molar refractivity (Wildman–Crippen MR) is 71.8 cm³/mol. The first-order valence-electron chi connectivity index (χ1n) is 6.17. The quantitative estimate of drug-likeness (QED) is 0.721. The van der Waals surface area contributed by atoms with Gasteiger partial charge in [0.15, 0.2) is 0 Å². The van der Waals surface area contributed by atoms with Crippen LogP contribution in [-0.2, 0) is 10.3 Å². The van der Waals surface area contributed by atoms with Crippen molar-refractivity contribution in [3.05, 3.63) is 35.4 Å². The van der Waals surface area contributed by atoms with Gasteiger partial charge in [-0.3, -0.25) is 0 Å². The molecule has 0 radical (unpaired) electrons. The molecule has 1 heteroatoms. The zero-order valence-electron chi connectivity index (χ0n) is 11.8. The third kappa shape index (κ3) is 4.80. The Hall–Kier alpha value is -0.820. The van der Waals surface area contributed by atoms with Crippen LogP contribution in [0, 0.1) is 6.92 Å². The van der Waals surface area contributed by atoms with Gasteiger partial charge in [-0.1, -0.05) is 43.7 Å². The van der Waals surface area contributed by atoms with Gasteiger partial charge in [0, 0.05) is 0 Å². The van der Waals surface area contributed by atoms with Crippen molar-refractivity contribution in [1.29, 1.82) is 0 Å². The summed E-state index contributed by atoms with van der Waals surface area (Å²) in [6, 6.07) is 8.52. The molecule has 16 heavy (non-hydrogen) atoms. The molecule has 92 valence electrons. The van der Waals surface area contributed by atoms with Gasteiger partial charge < -0.3 is 4.74 Å². The smallest absolute Gasteiger partial charge is 0.0878 e. The summed E-state index contributed by atoms with van der Waals surface area (Å²) >= 11 is 0. The SMILES string of the molecule is CC.Cc1ccc(C(C)(C)OC(C)C)cc1. The van der Waals surface area contributed by atoms with Gasteiger partial charge in [-0.25, -0.2) is 0 Å². The molecule has 0 saturated heterocycles. The Morgan fingerprint density at radius 1 is 1.00 bits per heavy atom. The molecule has 0 aromatic heterocycles. The van der Waals surface area contributed by atoms with Crippen LogP contribution in [0.1, 0.15) is 52.7 Å². The molecular formula is C15H26O. The van der Waals surface area contributed by atoms with Gasteiger partial charge in [-0.15, -0.1) is 0 Å². The van der Waals surface area contributed by atoms with Crippen molar-refractivity contribution in [2.24, 2.45) is 0 Å². The summed E-state index contributed by atoms with van der Waals surface area (Å²) in [5.74, 6) is 0. The van der Waals surface area contributed by atoms with Crippen molar-refractivity contribution in [2.75, 3.05) is 0 Å². The van der Waals surface area contributed by atoms with Crippen molar-refractivity contribution in [3.63, 3.8) is 0 Å². The van der Waals surface area contributed by atoms with Crippen LogP contribution in [0.2, 0.25) is 0 Å². The van der Waals surface area contributed by atoms with E-state index in [0.29, 0.717) is 0 Å². The van der Waals surface area contributed by atoms with Gasteiger partial charge in [0.05, 0.1) is 11.7 Å². The summed E-state index contributed by atoms with van der Waals surface area (Å²) in [4.78, 5) is 0. The van der Waals surface area contributed by atoms with E-state index in [9.17, 15) is 0 Å². The lowest BCUT2D eigenvalue weighted by Crippen LogP contribution is -2.25. The highest BCUT2D eigenvalue weighted by Crippen LogP contribution is 2.26. The van der Waals surface area contributed by atoms with Gasteiger partial charge in [0.25, 0.3) is 0 Å². The van der Waals surface area contributed by atoms with E-state index in [-0.39, 0.29) is 11.7 Å². The summed E-state index contributed by atoms with van der Waals surface area (Å²) in [5.41, 5.74) is 2.33. The first-order chi connectivity index (χ1) is 7.42. The second-order valence-corrected chi connectivity index (χ2v) is 4.54. The maximum atomic E-state index is 5.86. The Balaban J connectivity index is 0.00000106. The van der Waals surface area contributed by atoms with Gasteiger partial charge in [-0.05, 0) is 40.2 Å². The fraction of sp³-hybridized carbons (Fsp3) is 0.600. The predicted octanol–water partition coefficient (Wildman–Crippen LogP) is 4.68. The molecule has 0 fully saturated rings. The van der Waals surface area contributed by atoms with E-state index >= 15 is 0 Å². The van der Waals surface area contributed by atoms with Gasteiger partial charge >= 0.3 is 0 Å². The molecule has 1 aromatic carbocycles. The molecule has 0 saturated carbocycles. The molecule has 0 aliphatic heterocycles. The van der Waals surface area contributed by atoms with E-state index in [2.05, 4.69) is 58.9 Å². The van der Waals surface area contributed by atoms with Crippen molar-refractivity contribution < 1.29 is 4.74 Å². The number of hydrogen-bond acceptors (Lipinski definition) is 1. The van der Waals surface area contributed by atoms with E-state index in [1.165, 1.54) is 11.1 Å². The topological polar surface area (TPSA) is 9.23 Å². The average molecular weight is 222 g/mol. The summed E-state index contributed by atoms with van der Waals surface area (Å²) in [5, 5.41) is 0. The van der Waals surface area contributed by atoms with Crippen molar-refractivity contribution >= 4 is 0 Å². The van der Waals surface area contributed by atoms with Crippen LogP contribution in [0.25, 0.3) is 0 Å². The summed E-state index contributed by atoms with van der Waals surface area (Å²) in [6.45, 7) is 14.4. The number of benzene rings is 1. The van der Waals surface area contributed by atoms with Crippen LogP contribution in [0.15, 0.2) is 24.3 Å². The van der Waals surface area contributed by atoms with Crippen LogP contribution in [0.5, 0.6) is 0 Å². The third-order valence-electron chi connectivity index (χ3n) is 2.28. The highest BCUT2D eigenvalue weighted by molar-refractivity contribution is 5.25. The summed E-state index contributed by atoms with van der Waals surface area (Å²) < 4.78 is 5.86. The van der Waals surface area contributed by atoms with Crippen LogP contribution < -0.4 is 0 Å². The Labute approximate surface area is 101 Å². The molecule has 0 heterocycles.